The number of fused-ring (bicyclic) bond motifs is 1. The van der Waals surface area contributed by atoms with Crippen molar-refractivity contribution in [3.8, 4) is 0 Å². The van der Waals surface area contributed by atoms with E-state index in [-0.39, 0.29) is 11.6 Å². The monoisotopic (exact) mass is 254 g/mol. The van der Waals surface area contributed by atoms with Gasteiger partial charge in [-0.25, -0.2) is 0 Å². The van der Waals surface area contributed by atoms with Crippen molar-refractivity contribution in [1.82, 2.24) is 4.98 Å². The van der Waals surface area contributed by atoms with Gasteiger partial charge in [-0.05, 0) is 19.1 Å². The molecular formula is C13H13F3N2. The molecule has 0 aliphatic heterocycles. The molecule has 1 atom stereocenters. The first-order chi connectivity index (χ1) is 8.38. The molecule has 0 spiro atoms. The topological polar surface area (TPSA) is 38.9 Å². The number of aromatic nitrogens is 1. The summed E-state index contributed by atoms with van der Waals surface area (Å²) in [6.07, 6.45) is -3.93. The molecule has 0 saturated carbocycles. The highest BCUT2D eigenvalue weighted by atomic mass is 19.4. The summed E-state index contributed by atoms with van der Waals surface area (Å²) in [4.78, 5) is 4.08. The highest BCUT2D eigenvalue weighted by molar-refractivity contribution is 5.82. The highest BCUT2D eigenvalue weighted by Crippen LogP contribution is 2.33. The smallest absolute Gasteiger partial charge is 0.328 e. The molecule has 0 radical (unpaired) electrons. The third-order valence-corrected chi connectivity index (χ3v) is 2.61. The first-order valence-corrected chi connectivity index (χ1v) is 5.59. The summed E-state index contributed by atoms with van der Waals surface area (Å²) < 4.78 is 38.5. The average Bonchev–Trinajstić information content (AvgIpc) is 2.26. The maximum atomic E-state index is 12.8. The zero-order valence-corrected chi connectivity index (χ0v) is 9.83. The molecule has 0 saturated heterocycles. The minimum Gasteiger partial charge on any atom is -0.328 e. The number of pyridine rings is 1. The Kier molecular flexibility index (Phi) is 3.26. The number of alkyl halides is 3. The van der Waals surface area contributed by atoms with Crippen LogP contribution in [0.5, 0.6) is 0 Å². The van der Waals surface area contributed by atoms with Gasteiger partial charge in [-0.1, -0.05) is 18.2 Å². The second kappa shape index (κ2) is 4.57. The molecule has 2 rings (SSSR count). The van der Waals surface area contributed by atoms with E-state index in [9.17, 15) is 13.2 Å². The van der Waals surface area contributed by atoms with Crippen LogP contribution in [0.1, 0.15) is 18.2 Å². The summed E-state index contributed by atoms with van der Waals surface area (Å²) in [6.45, 7) is 1.79. The van der Waals surface area contributed by atoms with Crippen LogP contribution in [0.4, 0.5) is 13.2 Å². The summed E-state index contributed by atoms with van der Waals surface area (Å²) in [5, 5.41) is 0.484. The van der Waals surface area contributed by atoms with E-state index < -0.39 is 11.7 Å². The molecule has 0 aliphatic carbocycles. The van der Waals surface area contributed by atoms with Gasteiger partial charge in [0.1, 0.15) is 0 Å². The number of hydrogen-bond acceptors (Lipinski definition) is 2. The molecule has 2 nitrogen and oxygen atoms in total. The lowest BCUT2D eigenvalue weighted by Gasteiger charge is -2.11. The summed E-state index contributed by atoms with van der Waals surface area (Å²) in [5.74, 6) is 0. The second-order valence-electron chi connectivity index (χ2n) is 4.36. The van der Waals surface area contributed by atoms with Crippen LogP contribution in [0, 0.1) is 0 Å². The van der Waals surface area contributed by atoms with Gasteiger partial charge in [0.25, 0.3) is 0 Å². The van der Waals surface area contributed by atoms with Crippen molar-refractivity contribution in [1.29, 1.82) is 0 Å². The van der Waals surface area contributed by atoms with Gasteiger partial charge in [0.05, 0.1) is 11.1 Å². The molecule has 1 heterocycles. The summed E-state index contributed by atoms with van der Waals surface area (Å²) in [6, 6.07) is 7.28. The number of rotatable bonds is 2. The van der Waals surface area contributed by atoms with Crippen LogP contribution in [0.2, 0.25) is 0 Å². The lowest BCUT2D eigenvalue weighted by atomic mass is 10.1. The first-order valence-electron chi connectivity index (χ1n) is 5.59. The molecule has 0 aliphatic rings. The number of nitrogens with zero attached hydrogens (tertiary/aromatic N) is 1. The molecule has 18 heavy (non-hydrogen) atoms. The average molecular weight is 254 g/mol. The van der Waals surface area contributed by atoms with E-state index >= 15 is 0 Å². The highest BCUT2D eigenvalue weighted by Gasteiger charge is 2.33. The Morgan fingerprint density at radius 1 is 1.22 bits per heavy atom. The fraction of sp³-hybridized carbons (Fsp3) is 0.308. The zero-order chi connectivity index (χ0) is 13.3. The van der Waals surface area contributed by atoms with Crippen LogP contribution in [0.25, 0.3) is 10.9 Å². The van der Waals surface area contributed by atoms with E-state index in [0.29, 0.717) is 17.5 Å². The van der Waals surface area contributed by atoms with Gasteiger partial charge < -0.3 is 5.73 Å². The van der Waals surface area contributed by atoms with Gasteiger partial charge in [-0.3, -0.25) is 4.98 Å². The molecule has 1 unspecified atom stereocenters. The number of hydrogen-bond donors (Lipinski definition) is 1. The van der Waals surface area contributed by atoms with Crippen molar-refractivity contribution in [3.05, 3.63) is 41.6 Å². The Hall–Kier alpha value is -1.62. The molecule has 2 aromatic rings. The van der Waals surface area contributed by atoms with Gasteiger partial charge in [0.2, 0.25) is 0 Å². The Labute approximate surface area is 103 Å². The number of para-hydroxylation sites is 1. The van der Waals surface area contributed by atoms with E-state index in [2.05, 4.69) is 4.98 Å². The first kappa shape index (κ1) is 12.8. The predicted molar refractivity (Wildman–Crippen MR) is 64.1 cm³/mol. The van der Waals surface area contributed by atoms with Gasteiger partial charge in [0.15, 0.2) is 0 Å². The van der Waals surface area contributed by atoms with Crippen LogP contribution in [0.3, 0.4) is 0 Å². The van der Waals surface area contributed by atoms with E-state index in [1.165, 1.54) is 6.07 Å². The van der Waals surface area contributed by atoms with E-state index in [1.807, 2.05) is 0 Å². The fourth-order valence-corrected chi connectivity index (χ4v) is 1.86. The van der Waals surface area contributed by atoms with E-state index in [4.69, 9.17) is 5.73 Å². The van der Waals surface area contributed by atoms with Crippen molar-refractivity contribution in [2.24, 2.45) is 5.73 Å². The lowest BCUT2D eigenvalue weighted by Crippen LogP contribution is -2.18. The van der Waals surface area contributed by atoms with Crippen molar-refractivity contribution in [2.45, 2.75) is 25.6 Å². The molecule has 96 valence electrons. The van der Waals surface area contributed by atoms with Crippen LogP contribution >= 0.6 is 0 Å². The molecule has 2 N–H and O–H groups in total. The standard InChI is InChI=1S/C13H13F3N2/c1-8(17)7-10-6-5-9-3-2-4-11(12(9)18-10)13(14,15)16/h2-6,8H,7,17H2,1H3. The summed E-state index contributed by atoms with van der Waals surface area (Å²) in [7, 11) is 0. The summed E-state index contributed by atoms with van der Waals surface area (Å²) in [5.41, 5.74) is 5.49. The maximum absolute atomic E-state index is 12.8. The zero-order valence-electron chi connectivity index (χ0n) is 9.83. The van der Waals surface area contributed by atoms with Crippen molar-refractivity contribution in [2.75, 3.05) is 0 Å². The van der Waals surface area contributed by atoms with Gasteiger partial charge in [-0.15, -0.1) is 0 Å². The molecule has 1 aromatic heterocycles. The Morgan fingerprint density at radius 2 is 1.94 bits per heavy atom. The minimum absolute atomic E-state index is 0.0110. The number of nitrogens with two attached hydrogens (primary N) is 1. The third kappa shape index (κ3) is 2.61. The van der Waals surface area contributed by atoms with Gasteiger partial charge >= 0.3 is 6.18 Å². The number of halogens is 3. The molecule has 0 amide bonds. The SMILES string of the molecule is CC(N)Cc1ccc2cccc(C(F)(F)F)c2n1. The quantitative estimate of drug-likeness (QED) is 0.894. The van der Waals surface area contributed by atoms with Crippen molar-refractivity contribution in [3.63, 3.8) is 0 Å². The minimum atomic E-state index is -4.39. The molecule has 0 fully saturated rings. The number of benzene rings is 1. The van der Waals surface area contributed by atoms with E-state index in [0.717, 1.165) is 6.07 Å². The van der Waals surface area contributed by atoms with Crippen LogP contribution in [0.15, 0.2) is 30.3 Å². The predicted octanol–water partition coefficient (Wildman–Crippen LogP) is 3.14. The van der Waals surface area contributed by atoms with Crippen LogP contribution in [-0.4, -0.2) is 11.0 Å². The molecule has 5 heteroatoms. The summed E-state index contributed by atoms with van der Waals surface area (Å²) >= 11 is 0. The van der Waals surface area contributed by atoms with Gasteiger partial charge in [0, 0.05) is 23.5 Å². The normalized spacial score (nSPS) is 13.8. The third-order valence-electron chi connectivity index (χ3n) is 2.61. The Bertz CT molecular complexity index is 562. The van der Waals surface area contributed by atoms with Gasteiger partial charge in [-0.2, -0.15) is 13.2 Å². The van der Waals surface area contributed by atoms with Crippen LogP contribution in [-0.2, 0) is 12.6 Å². The van der Waals surface area contributed by atoms with Crippen molar-refractivity contribution < 1.29 is 13.2 Å². The fourth-order valence-electron chi connectivity index (χ4n) is 1.86. The van der Waals surface area contributed by atoms with E-state index in [1.54, 1.807) is 25.1 Å². The van der Waals surface area contributed by atoms with Crippen molar-refractivity contribution >= 4 is 10.9 Å². The lowest BCUT2D eigenvalue weighted by molar-refractivity contribution is -0.136. The molecule has 1 aromatic carbocycles. The molecule has 0 bridgehead atoms. The molecular weight excluding hydrogens is 241 g/mol. The Morgan fingerprint density at radius 3 is 2.56 bits per heavy atom. The largest absolute Gasteiger partial charge is 0.418 e. The second-order valence-corrected chi connectivity index (χ2v) is 4.36. The van der Waals surface area contributed by atoms with Crippen LogP contribution < -0.4 is 5.73 Å². The Balaban J connectivity index is 2.59. The maximum Gasteiger partial charge on any atom is 0.418 e.